The first-order valence-corrected chi connectivity index (χ1v) is 9.28. The van der Waals surface area contributed by atoms with E-state index < -0.39 is 10.0 Å². The zero-order valence-corrected chi connectivity index (χ0v) is 14.5. The van der Waals surface area contributed by atoms with E-state index in [-0.39, 0.29) is 17.3 Å². The molecule has 25 heavy (non-hydrogen) atoms. The summed E-state index contributed by atoms with van der Waals surface area (Å²) >= 11 is 0. The number of methoxy groups -OCH3 is 1. The van der Waals surface area contributed by atoms with Gasteiger partial charge in [0.2, 0.25) is 10.0 Å². The van der Waals surface area contributed by atoms with Crippen LogP contribution in [0.25, 0.3) is 10.8 Å². The highest BCUT2D eigenvalue weighted by molar-refractivity contribution is 7.89. The fourth-order valence-corrected chi connectivity index (χ4v) is 3.63. The molecule has 0 fully saturated rings. The molecule has 0 aliphatic rings. The van der Waals surface area contributed by atoms with Crippen LogP contribution in [0.2, 0.25) is 0 Å². The van der Waals surface area contributed by atoms with Gasteiger partial charge in [0.1, 0.15) is 11.6 Å². The Balaban J connectivity index is 1.72. The minimum absolute atomic E-state index is 0.212. The molecule has 0 unspecified atom stereocenters. The Bertz CT molecular complexity index is 985. The van der Waals surface area contributed by atoms with Crippen LogP contribution in [0.15, 0.2) is 65.6 Å². The summed E-state index contributed by atoms with van der Waals surface area (Å²) in [6, 6.07) is 16.5. The second-order valence-corrected chi connectivity index (χ2v) is 7.42. The summed E-state index contributed by atoms with van der Waals surface area (Å²) in [6.07, 6.45) is 0.490. The number of ether oxygens (including phenoxy) is 1. The van der Waals surface area contributed by atoms with Gasteiger partial charge in [-0.3, -0.25) is 0 Å². The highest BCUT2D eigenvalue weighted by atomic mass is 32.2. The molecule has 0 saturated carbocycles. The first kappa shape index (κ1) is 17.4. The average molecular weight is 359 g/mol. The third kappa shape index (κ3) is 4.15. The molecule has 3 aromatic rings. The van der Waals surface area contributed by atoms with Crippen LogP contribution in [-0.4, -0.2) is 22.1 Å². The Morgan fingerprint density at radius 2 is 1.64 bits per heavy atom. The maximum atomic E-state index is 12.9. The van der Waals surface area contributed by atoms with E-state index in [9.17, 15) is 12.8 Å². The maximum Gasteiger partial charge on any atom is 0.240 e. The summed E-state index contributed by atoms with van der Waals surface area (Å²) in [5, 5.41) is 1.73. The number of nitrogens with one attached hydrogen (secondary N) is 1. The van der Waals surface area contributed by atoms with Crippen LogP contribution in [0.5, 0.6) is 5.75 Å². The fourth-order valence-electron chi connectivity index (χ4n) is 2.56. The fraction of sp³-hybridized carbons (Fsp3) is 0.158. The predicted molar refractivity (Wildman–Crippen MR) is 95.8 cm³/mol. The SMILES string of the molecule is COc1ccc2cc(S(=O)(=O)NCCc3ccc(F)cc3)ccc2c1. The standard InChI is InChI=1S/C19H18FNO3S/c1-24-18-8-4-16-13-19(9-5-15(16)12-18)25(22,23)21-11-10-14-2-6-17(20)7-3-14/h2-9,12-13,21H,10-11H2,1H3. The van der Waals surface area contributed by atoms with E-state index in [1.165, 1.54) is 12.1 Å². The van der Waals surface area contributed by atoms with Gasteiger partial charge in [0, 0.05) is 6.54 Å². The van der Waals surface area contributed by atoms with E-state index in [1.807, 2.05) is 12.1 Å². The van der Waals surface area contributed by atoms with Gasteiger partial charge < -0.3 is 4.74 Å². The van der Waals surface area contributed by atoms with Crippen LogP contribution >= 0.6 is 0 Å². The number of halogens is 1. The Morgan fingerprint density at radius 1 is 0.960 bits per heavy atom. The van der Waals surface area contributed by atoms with Crippen LogP contribution in [0.3, 0.4) is 0 Å². The molecule has 1 N–H and O–H groups in total. The summed E-state index contributed by atoms with van der Waals surface area (Å²) in [5.41, 5.74) is 0.870. The number of fused-ring (bicyclic) bond motifs is 1. The van der Waals surface area contributed by atoms with E-state index in [0.29, 0.717) is 6.42 Å². The number of hydrogen-bond donors (Lipinski definition) is 1. The van der Waals surface area contributed by atoms with Crippen molar-refractivity contribution in [3.8, 4) is 5.75 Å². The van der Waals surface area contributed by atoms with Crippen molar-refractivity contribution in [3.63, 3.8) is 0 Å². The quantitative estimate of drug-likeness (QED) is 0.733. The van der Waals surface area contributed by atoms with Gasteiger partial charge in [0.25, 0.3) is 0 Å². The van der Waals surface area contributed by atoms with Crippen LogP contribution in [0.1, 0.15) is 5.56 Å². The molecule has 3 rings (SSSR count). The maximum absolute atomic E-state index is 12.9. The second kappa shape index (κ2) is 7.21. The summed E-state index contributed by atoms with van der Waals surface area (Å²) in [7, 11) is -2.01. The van der Waals surface area contributed by atoms with Crippen molar-refractivity contribution in [2.75, 3.05) is 13.7 Å². The Morgan fingerprint density at radius 3 is 2.36 bits per heavy atom. The minimum Gasteiger partial charge on any atom is -0.497 e. The molecule has 0 bridgehead atoms. The molecule has 0 amide bonds. The summed E-state index contributed by atoms with van der Waals surface area (Å²) in [5.74, 6) is 0.414. The van der Waals surface area contributed by atoms with Crippen molar-refractivity contribution in [1.29, 1.82) is 0 Å². The zero-order chi connectivity index (χ0) is 17.9. The van der Waals surface area contributed by atoms with Crippen LogP contribution in [-0.2, 0) is 16.4 Å². The van der Waals surface area contributed by atoms with Crippen molar-refractivity contribution < 1.29 is 17.5 Å². The number of benzene rings is 3. The average Bonchev–Trinajstić information content (AvgIpc) is 2.62. The molecular weight excluding hydrogens is 341 g/mol. The summed E-state index contributed by atoms with van der Waals surface area (Å²) < 4.78 is 45.5. The Hall–Kier alpha value is -2.44. The number of rotatable bonds is 6. The van der Waals surface area contributed by atoms with Crippen molar-refractivity contribution in [2.45, 2.75) is 11.3 Å². The highest BCUT2D eigenvalue weighted by Gasteiger charge is 2.14. The largest absolute Gasteiger partial charge is 0.497 e. The molecule has 0 radical (unpaired) electrons. The molecular formula is C19H18FNO3S. The van der Waals surface area contributed by atoms with E-state index >= 15 is 0 Å². The lowest BCUT2D eigenvalue weighted by Crippen LogP contribution is -2.26. The van der Waals surface area contributed by atoms with Gasteiger partial charge >= 0.3 is 0 Å². The molecule has 3 aromatic carbocycles. The summed E-state index contributed by atoms with van der Waals surface area (Å²) in [4.78, 5) is 0.212. The smallest absolute Gasteiger partial charge is 0.240 e. The van der Waals surface area contributed by atoms with Crippen molar-refractivity contribution >= 4 is 20.8 Å². The summed E-state index contributed by atoms with van der Waals surface area (Å²) in [6.45, 7) is 0.245. The molecule has 6 heteroatoms. The highest BCUT2D eigenvalue weighted by Crippen LogP contribution is 2.23. The minimum atomic E-state index is -3.60. The molecule has 0 saturated heterocycles. The number of sulfonamides is 1. The van der Waals surface area contributed by atoms with Crippen molar-refractivity contribution in [2.24, 2.45) is 0 Å². The van der Waals surface area contributed by atoms with Gasteiger partial charge in [-0.15, -0.1) is 0 Å². The molecule has 0 spiro atoms. The van der Waals surface area contributed by atoms with E-state index in [4.69, 9.17) is 4.74 Å². The van der Waals surface area contributed by atoms with Gasteiger partial charge in [0.15, 0.2) is 0 Å². The Kier molecular flexibility index (Phi) is 5.01. The van der Waals surface area contributed by atoms with Gasteiger partial charge in [-0.1, -0.05) is 24.3 Å². The Labute approximate surface area is 146 Å². The van der Waals surface area contributed by atoms with Gasteiger partial charge in [-0.25, -0.2) is 17.5 Å². The first-order chi connectivity index (χ1) is 12.0. The molecule has 0 aromatic heterocycles. The molecule has 0 aliphatic heterocycles. The third-order valence-corrected chi connectivity index (χ3v) is 5.41. The normalized spacial score (nSPS) is 11.6. The van der Waals surface area contributed by atoms with Crippen molar-refractivity contribution in [1.82, 2.24) is 4.72 Å². The van der Waals surface area contributed by atoms with Crippen LogP contribution < -0.4 is 9.46 Å². The molecule has 0 atom stereocenters. The third-order valence-electron chi connectivity index (χ3n) is 3.95. The topological polar surface area (TPSA) is 55.4 Å². The second-order valence-electron chi connectivity index (χ2n) is 5.65. The zero-order valence-electron chi connectivity index (χ0n) is 13.7. The number of hydrogen-bond acceptors (Lipinski definition) is 3. The van der Waals surface area contributed by atoms with E-state index in [2.05, 4.69) is 4.72 Å². The lowest BCUT2D eigenvalue weighted by molar-refractivity contribution is 0.415. The first-order valence-electron chi connectivity index (χ1n) is 7.80. The molecule has 0 heterocycles. The van der Waals surface area contributed by atoms with Crippen LogP contribution in [0.4, 0.5) is 4.39 Å². The van der Waals surface area contributed by atoms with Crippen molar-refractivity contribution in [3.05, 3.63) is 72.0 Å². The van der Waals surface area contributed by atoms with Gasteiger partial charge in [-0.05, 0) is 59.2 Å². The predicted octanol–water partition coefficient (Wildman–Crippen LogP) is 3.51. The van der Waals surface area contributed by atoms with E-state index in [0.717, 1.165) is 22.1 Å². The monoisotopic (exact) mass is 359 g/mol. The van der Waals surface area contributed by atoms with E-state index in [1.54, 1.807) is 43.5 Å². The van der Waals surface area contributed by atoms with Gasteiger partial charge in [0.05, 0.1) is 12.0 Å². The molecule has 0 aliphatic carbocycles. The molecule has 130 valence electrons. The molecule has 4 nitrogen and oxygen atoms in total. The lowest BCUT2D eigenvalue weighted by Gasteiger charge is -2.09. The van der Waals surface area contributed by atoms with Crippen LogP contribution in [0, 0.1) is 5.82 Å². The van der Waals surface area contributed by atoms with Gasteiger partial charge in [-0.2, -0.15) is 0 Å². The lowest BCUT2D eigenvalue weighted by atomic mass is 10.1.